The van der Waals surface area contributed by atoms with Crippen LogP contribution in [0, 0.1) is 6.92 Å². The first-order valence-electron chi connectivity index (χ1n) is 6.75. The second-order valence-corrected chi connectivity index (χ2v) is 6.06. The third kappa shape index (κ3) is 2.56. The van der Waals surface area contributed by atoms with Crippen LogP contribution in [0.3, 0.4) is 0 Å². The first-order chi connectivity index (χ1) is 10.1. The van der Waals surface area contributed by atoms with Crippen molar-refractivity contribution in [1.82, 2.24) is 24.9 Å². The monoisotopic (exact) mass is 303 g/mol. The van der Waals surface area contributed by atoms with Crippen LogP contribution in [-0.2, 0) is 18.4 Å². The standard InChI is InChI=1S/C14H17N5OS/c1-9-13-12(18(3)16-9)8-19(17-13)10(2)14(20)15-7-11-5-4-6-21-11/h4-6,8,10H,7H2,1-3H3,(H,15,20). The number of thiophene rings is 1. The number of aryl methyl sites for hydroxylation is 2. The third-order valence-corrected chi connectivity index (χ3v) is 4.37. The smallest absolute Gasteiger partial charge is 0.244 e. The summed E-state index contributed by atoms with van der Waals surface area (Å²) in [6.45, 7) is 4.32. The molecule has 7 heteroatoms. The van der Waals surface area contributed by atoms with Crippen molar-refractivity contribution >= 4 is 28.3 Å². The number of fused-ring (bicyclic) bond motifs is 1. The number of aromatic nitrogens is 4. The van der Waals surface area contributed by atoms with Crippen molar-refractivity contribution in [3.05, 3.63) is 34.3 Å². The number of nitrogens with one attached hydrogen (secondary N) is 1. The van der Waals surface area contributed by atoms with E-state index in [-0.39, 0.29) is 11.9 Å². The van der Waals surface area contributed by atoms with Crippen molar-refractivity contribution in [3.63, 3.8) is 0 Å². The highest BCUT2D eigenvalue weighted by Gasteiger charge is 2.18. The zero-order chi connectivity index (χ0) is 15.0. The van der Waals surface area contributed by atoms with Gasteiger partial charge >= 0.3 is 0 Å². The molecule has 0 aliphatic rings. The highest BCUT2D eigenvalue weighted by Crippen LogP contribution is 2.18. The number of carbonyl (C=O) groups is 1. The summed E-state index contributed by atoms with van der Waals surface area (Å²) in [5.74, 6) is -0.0400. The van der Waals surface area contributed by atoms with E-state index in [1.165, 1.54) is 0 Å². The van der Waals surface area contributed by atoms with Crippen LogP contribution >= 0.6 is 11.3 Å². The van der Waals surface area contributed by atoms with Gasteiger partial charge in [0.2, 0.25) is 5.91 Å². The van der Waals surface area contributed by atoms with Gasteiger partial charge in [0.05, 0.1) is 18.4 Å². The molecule has 3 heterocycles. The SMILES string of the molecule is Cc1nn(C)c2cn(C(C)C(=O)NCc3cccs3)nc12. The molecular weight excluding hydrogens is 286 g/mol. The van der Waals surface area contributed by atoms with Crippen LogP contribution in [0.2, 0.25) is 0 Å². The van der Waals surface area contributed by atoms with Crippen LogP contribution in [0.25, 0.3) is 11.0 Å². The normalized spacial score (nSPS) is 12.7. The van der Waals surface area contributed by atoms with Gasteiger partial charge in [-0.2, -0.15) is 10.2 Å². The van der Waals surface area contributed by atoms with Gasteiger partial charge < -0.3 is 5.32 Å². The van der Waals surface area contributed by atoms with Gasteiger partial charge in [0.1, 0.15) is 17.1 Å². The molecule has 3 aromatic rings. The quantitative estimate of drug-likeness (QED) is 0.802. The van der Waals surface area contributed by atoms with E-state index < -0.39 is 0 Å². The highest BCUT2D eigenvalue weighted by atomic mass is 32.1. The molecule has 0 fully saturated rings. The highest BCUT2D eigenvalue weighted by molar-refractivity contribution is 7.09. The Morgan fingerprint density at radius 3 is 2.95 bits per heavy atom. The zero-order valence-electron chi connectivity index (χ0n) is 12.2. The first kappa shape index (κ1) is 13.8. The molecule has 3 rings (SSSR count). The van der Waals surface area contributed by atoms with Crippen molar-refractivity contribution in [3.8, 4) is 0 Å². The molecule has 0 spiro atoms. The number of hydrogen-bond donors (Lipinski definition) is 1. The topological polar surface area (TPSA) is 64.7 Å². The van der Waals surface area contributed by atoms with E-state index in [9.17, 15) is 4.79 Å². The second-order valence-electron chi connectivity index (χ2n) is 5.03. The zero-order valence-corrected chi connectivity index (χ0v) is 13.0. The average Bonchev–Trinajstić information content (AvgIpc) is 3.16. The molecule has 6 nitrogen and oxygen atoms in total. The van der Waals surface area contributed by atoms with E-state index >= 15 is 0 Å². The Kier molecular flexibility index (Phi) is 3.50. The predicted molar refractivity (Wildman–Crippen MR) is 82.1 cm³/mol. The summed E-state index contributed by atoms with van der Waals surface area (Å²) in [6, 6.07) is 3.63. The van der Waals surface area contributed by atoms with E-state index in [1.54, 1.807) is 20.7 Å². The summed E-state index contributed by atoms with van der Waals surface area (Å²) in [4.78, 5) is 13.4. The first-order valence-corrected chi connectivity index (χ1v) is 7.63. The Morgan fingerprint density at radius 1 is 1.48 bits per heavy atom. The maximum atomic E-state index is 12.2. The lowest BCUT2D eigenvalue weighted by molar-refractivity contribution is -0.124. The van der Waals surface area contributed by atoms with Gasteiger partial charge in [0, 0.05) is 11.9 Å². The van der Waals surface area contributed by atoms with Crippen LogP contribution in [-0.4, -0.2) is 25.5 Å². The van der Waals surface area contributed by atoms with Gasteiger partial charge in [-0.3, -0.25) is 14.2 Å². The molecule has 0 bridgehead atoms. The van der Waals surface area contributed by atoms with Gasteiger partial charge in [-0.05, 0) is 25.3 Å². The number of rotatable bonds is 4. The summed E-state index contributed by atoms with van der Waals surface area (Å²) < 4.78 is 3.48. The molecule has 0 aliphatic carbocycles. The minimum Gasteiger partial charge on any atom is -0.349 e. The molecular formula is C14H17N5OS. The fraction of sp³-hybridized carbons (Fsp3) is 0.357. The van der Waals surface area contributed by atoms with E-state index in [0.717, 1.165) is 21.6 Å². The van der Waals surface area contributed by atoms with Crippen molar-refractivity contribution in [2.45, 2.75) is 26.4 Å². The lowest BCUT2D eigenvalue weighted by Crippen LogP contribution is -2.30. The number of nitrogens with zero attached hydrogens (tertiary/aromatic N) is 4. The Labute approximate surface area is 126 Å². The molecule has 1 N–H and O–H groups in total. The fourth-order valence-corrected chi connectivity index (χ4v) is 2.90. The number of amides is 1. The minimum absolute atomic E-state index is 0.0400. The molecule has 21 heavy (non-hydrogen) atoms. The van der Waals surface area contributed by atoms with Crippen LogP contribution < -0.4 is 5.32 Å². The van der Waals surface area contributed by atoms with Crippen LogP contribution in [0.15, 0.2) is 23.7 Å². The van der Waals surface area contributed by atoms with Gasteiger partial charge in [-0.15, -0.1) is 11.3 Å². The molecule has 110 valence electrons. The molecule has 0 aromatic carbocycles. The van der Waals surface area contributed by atoms with Gasteiger partial charge in [-0.25, -0.2) is 0 Å². The molecule has 1 amide bonds. The minimum atomic E-state index is -0.350. The van der Waals surface area contributed by atoms with Crippen molar-refractivity contribution < 1.29 is 4.79 Å². The van der Waals surface area contributed by atoms with Gasteiger partial charge in [-0.1, -0.05) is 6.07 Å². The lowest BCUT2D eigenvalue weighted by atomic mass is 10.3. The largest absolute Gasteiger partial charge is 0.349 e. The van der Waals surface area contributed by atoms with Crippen molar-refractivity contribution in [1.29, 1.82) is 0 Å². The van der Waals surface area contributed by atoms with Crippen molar-refractivity contribution in [2.24, 2.45) is 7.05 Å². The van der Waals surface area contributed by atoms with Crippen molar-refractivity contribution in [2.75, 3.05) is 0 Å². The fourth-order valence-electron chi connectivity index (χ4n) is 2.26. The molecule has 0 radical (unpaired) electrons. The summed E-state index contributed by atoms with van der Waals surface area (Å²) in [5.41, 5.74) is 2.65. The van der Waals surface area contributed by atoms with E-state index in [1.807, 2.05) is 44.6 Å². The number of carbonyl (C=O) groups excluding carboxylic acids is 1. The van der Waals surface area contributed by atoms with Crippen LogP contribution in [0.4, 0.5) is 0 Å². The maximum Gasteiger partial charge on any atom is 0.244 e. The average molecular weight is 303 g/mol. The van der Waals surface area contributed by atoms with Crippen LogP contribution in [0.5, 0.6) is 0 Å². The van der Waals surface area contributed by atoms with Gasteiger partial charge in [0.15, 0.2) is 0 Å². The molecule has 0 saturated carbocycles. The molecule has 3 aromatic heterocycles. The van der Waals surface area contributed by atoms with E-state index in [0.29, 0.717) is 6.54 Å². The van der Waals surface area contributed by atoms with Gasteiger partial charge in [0.25, 0.3) is 0 Å². The summed E-state index contributed by atoms with van der Waals surface area (Å²) in [7, 11) is 1.88. The Morgan fingerprint density at radius 2 is 2.29 bits per heavy atom. The Hall–Kier alpha value is -2.15. The Bertz CT molecular complexity index is 736. The second kappa shape index (κ2) is 5.33. The van der Waals surface area contributed by atoms with E-state index in [2.05, 4.69) is 15.5 Å². The predicted octanol–water partition coefficient (Wildman–Crippen LogP) is 2.02. The molecule has 0 aliphatic heterocycles. The van der Waals surface area contributed by atoms with Crippen LogP contribution in [0.1, 0.15) is 23.5 Å². The number of hydrogen-bond acceptors (Lipinski definition) is 4. The summed E-state index contributed by atoms with van der Waals surface area (Å²) in [5, 5.41) is 13.7. The molecule has 1 atom stereocenters. The molecule has 1 unspecified atom stereocenters. The summed E-state index contributed by atoms with van der Waals surface area (Å²) in [6.07, 6.45) is 1.87. The lowest BCUT2D eigenvalue weighted by Gasteiger charge is -2.12. The summed E-state index contributed by atoms with van der Waals surface area (Å²) >= 11 is 1.63. The maximum absolute atomic E-state index is 12.2. The third-order valence-electron chi connectivity index (χ3n) is 3.50. The Balaban J connectivity index is 1.74. The van der Waals surface area contributed by atoms with E-state index in [4.69, 9.17) is 0 Å². The molecule has 0 saturated heterocycles.